The number of rotatable bonds is 10. The number of piperidine rings is 2. The Bertz CT molecular complexity index is 2020. The third-order valence-electron chi connectivity index (χ3n) is 11.6. The molecule has 0 bridgehead atoms. The number of benzene rings is 2. The smallest absolute Gasteiger partial charge is 0.321 e. The summed E-state index contributed by atoms with van der Waals surface area (Å²) in [7, 11) is 3.84. The molecule has 5 heterocycles. The van der Waals surface area contributed by atoms with Crippen LogP contribution in [-0.2, 0) is 27.5 Å². The zero-order chi connectivity index (χ0) is 37.8. The fourth-order valence-electron chi connectivity index (χ4n) is 8.49. The summed E-state index contributed by atoms with van der Waals surface area (Å²) in [6, 6.07) is 13.2. The first-order valence-corrected chi connectivity index (χ1v) is 19.3. The highest BCUT2D eigenvalue weighted by molar-refractivity contribution is 5.88. The normalized spacial score (nSPS) is 18.6. The van der Waals surface area contributed by atoms with E-state index in [9.17, 15) is 19.2 Å². The van der Waals surface area contributed by atoms with E-state index < -0.39 is 12.0 Å². The lowest BCUT2D eigenvalue weighted by molar-refractivity contribution is -0.146. The molecule has 0 spiro atoms. The number of carbonyl (C=O) groups excluding carboxylic acids is 3. The molecule has 3 N–H and O–H groups in total. The van der Waals surface area contributed by atoms with Crippen molar-refractivity contribution in [2.45, 2.75) is 63.8 Å². The molecular formula is C40H53N9O5. The maximum atomic E-state index is 14.3. The molecule has 1 atom stereocenters. The number of amides is 3. The van der Waals surface area contributed by atoms with Crippen molar-refractivity contribution in [2.24, 2.45) is 0 Å². The number of nitrogens with one attached hydrogen (secondary N) is 3. The molecule has 288 valence electrons. The molecule has 4 aromatic rings. The van der Waals surface area contributed by atoms with E-state index in [0.717, 1.165) is 66.4 Å². The van der Waals surface area contributed by atoms with Crippen molar-refractivity contribution in [1.29, 1.82) is 0 Å². The summed E-state index contributed by atoms with van der Waals surface area (Å²) < 4.78 is 6.93. The monoisotopic (exact) mass is 739 g/mol. The highest BCUT2D eigenvalue weighted by atomic mass is 16.5. The summed E-state index contributed by atoms with van der Waals surface area (Å²) in [6.07, 6.45) is 5.64. The lowest BCUT2D eigenvalue weighted by atomic mass is 9.89. The molecule has 3 aliphatic heterocycles. The Hall–Kier alpha value is -4.79. The van der Waals surface area contributed by atoms with Crippen LogP contribution >= 0.6 is 0 Å². The number of carbonyl (C=O) groups is 3. The number of hydrogen-bond donors (Lipinski definition) is 3. The van der Waals surface area contributed by atoms with Gasteiger partial charge in [-0.1, -0.05) is 24.3 Å². The molecule has 3 saturated heterocycles. The van der Waals surface area contributed by atoms with Crippen LogP contribution < -0.4 is 16.2 Å². The minimum absolute atomic E-state index is 0.0494. The van der Waals surface area contributed by atoms with Gasteiger partial charge < -0.3 is 30.1 Å². The van der Waals surface area contributed by atoms with Gasteiger partial charge in [-0.15, -0.1) is 0 Å². The average molecular weight is 740 g/mol. The molecule has 2 aromatic heterocycles. The van der Waals surface area contributed by atoms with Gasteiger partial charge in [0.2, 0.25) is 5.91 Å². The summed E-state index contributed by atoms with van der Waals surface area (Å²) in [6.45, 7) is 7.93. The topological polar surface area (TPSA) is 148 Å². The minimum atomic E-state index is -0.729. The lowest BCUT2D eigenvalue weighted by Crippen LogP contribution is -2.59. The van der Waals surface area contributed by atoms with E-state index in [-0.39, 0.29) is 36.7 Å². The van der Waals surface area contributed by atoms with Crippen LogP contribution in [0.3, 0.4) is 0 Å². The van der Waals surface area contributed by atoms with Gasteiger partial charge in [0.25, 0.3) is 5.56 Å². The number of ether oxygens (including phenoxy) is 1. The molecule has 2 aromatic carbocycles. The van der Waals surface area contributed by atoms with E-state index in [0.29, 0.717) is 62.6 Å². The van der Waals surface area contributed by atoms with Gasteiger partial charge in [0.1, 0.15) is 6.04 Å². The number of hydrogen-bond acceptors (Lipinski definition) is 9. The third kappa shape index (κ3) is 8.30. The van der Waals surface area contributed by atoms with Crippen LogP contribution in [0.2, 0.25) is 0 Å². The molecule has 0 aliphatic carbocycles. The fraction of sp³-hybridized carbons (Fsp3) is 0.525. The number of aromatic nitrogens is 3. The number of likely N-dealkylation sites (tertiary alicyclic amines) is 2. The van der Waals surface area contributed by atoms with Gasteiger partial charge in [-0.2, -0.15) is 5.10 Å². The van der Waals surface area contributed by atoms with Crippen molar-refractivity contribution in [3.05, 3.63) is 75.7 Å². The van der Waals surface area contributed by atoms with E-state index in [1.54, 1.807) is 18.1 Å². The summed E-state index contributed by atoms with van der Waals surface area (Å²) >= 11 is 0. The van der Waals surface area contributed by atoms with Crippen LogP contribution in [0.15, 0.2) is 53.5 Å². The Morgan fingerprint density at radius 2 is 1.67 bits per heavy atom. The van der Waals surface area contributed by atoms with Crippen LogP contribution in [0.1, 0.15) is 48.3 Å². The molecule has 3 aliphatic rings. The number of likely N-dealkylation sites (N-methyl/N-ethyl adjacent to an activating group) is 1. The highest BCUT2D eigenvalue weighted by Gasteiger charge is 2.34. The second-order valence-corrected chi connectivity index (χ2v) is 15.2. The Morgan fingerprint density at radius 3 is 2.41 bits per heavy atom. The molecule has 14 nitrogen and oxygen atoms in total. The minimum Gasteiger partial charge on any atom is -0.443 e. The number of para-hydroxylation sites is 1. The van der Waals surface area contributed by atoms with Crippen molar-refractivity contribution in [3.63, 3.8) is 0 Å². The molecule has 54 heavy (non-hydrogen) atoms. The Morgan fingerprint density at radius 1 is 0.926 bits per heavy atom. The van der Waals surface area contributed by atoms with E-state index in [1.165, 1.54) is 4.57 Å². The summed E-state index contributed by atoms with van der Waals surface area (Å²) in [5.74, 6) is -0.575. The maximum absolute atomic E-state index is 14.3. The first-order valence-electron chi connectivity index (χ1n) is 19.3. The van der Waals surface area contributed by atoms with E-state index >= 15 is 0 Å². The molecule has 0 unspecified atom stereocenters. The zero-order valence-corrected chi connectivity index (χ0v) is 31.7. The van der Waals surface area contributed by atoms with E-state index in [2.05, 4.69) is 43.7 Å². The first-order chi connectivity index (χ1) is 26.2. The Balaban J connectivity index is 1.03. The van der Waals surface area contributed by atoms with Crippen molar-refractivity contribution in [2.75, 3.05) is 73.0 Å². The molecule has 3 amide bonds. The van der Waals surface area contributed by atoms with Gasteiger partial charge in [0.15, 0.2) is 6.73 Å². The first kappa shape index (κ1) is 37.5. The second kappa shape index (κ2) is 16.7. The molecular weight excluding hydrogens is 686 g/mol. The predicted octanol–water partition coefficient (Wildman–Crippen LogP) is 2.65. The number of piperazine rings is 1. The van der Waals surface area contributed by atoms with Gasteiger partial charge in [-0.3, -0.25) is 28.9 Å². The van der Waals surface area contributed by atoms with E-state index in [1.807, 2.05) is 48.2 Å². The SMILES string of the molecule is CNCC(=O)OCn1c(=O)c(C2CCN(C(=O)N[C@H](Cc3cc(C)c4[nH]ncc4c3)C(=O)N3CCN(C4CCN(C)CC4)CC3)CC2)cc2ccccc21. The van der Waals surface area contributed by atoms with Gasteiger partial charge in [-0.25, -0.2) is 4.79 Å². The standard InChI is InChI=1S/C40H53N9O5/c1-27-20-28(21-31-24-42-44-37(27)31)22-34(39(52)47-18-16-46(17-19-47)32-10-12-45(3)13-11-32)43-40(53)48-14-8-29(9-15-48)33-23-30-6-4-5-7-35(30)49(38(33)51)26-54-36(50)25-41-2/h4-7,20-21,23-24,29,32,34,41H,8-19,22,25-26H2,1-3H3,(H,42,44)(H,43,53)/t34-/m1/s1. The van der Waals surface area contributed by atoms with Crippen LogP contribution in [-0.4, -0.2) is 137 Å². The molecule has 14 heteroatoms. The van der Waals surface area contributed by atoms with Gasteiger partial charge in [0.05, 0.1) is 23.8 Å². The van der Waals surface area contributed by atoms with Crippen molar-refractivity contribution in [1.82, 2.24) is 45.0 Å². The molecule has 0 radical (unpaired) electrons. The molecule has 0 saturated carbocycles. The summed E-state index contributed by atoms with van der Waals surface area (Å²) in [5.41, 5.74) is 4.12. The van der Waals surface area contributed by atoms with Crippen LogP contribution in [0.4, 0.5) is 4.79 Å². The Labute approximate surface area is 315 Å². The zero-order valence-electron chi connectivity index (χ0n) is 31.7. The second-order valence-electron chi connectivity index (χ2n) is 15.2. The quantitative estimate of drug-likeness (QED) is 0.209. The number of urea groups is 1. The number of nitrogens with zero attached hydrogens (tertiary/aromatic N) is 6. The fourth-order valence-corrected chi connectivity index (χ4v) is 8.49. The lowest BCUT2D eigenvalue weighted by Gasteiger charge is -2.43. The van der Waals surface area contributed by atoms with Crippen molar-refractivity contribution >= 4 is 39.7 Å². The van der Waals surface area contributed by atoms with Gasteiger partial charge in [-0.05, 0) is 100 Å². The highest BCUT2D eigenvalue weighted by Crippen LogP contribution is 2.29. The number of esters is 1. The van der Waals surface area contributed by atoms with Crippen LogP contribution in [0.25, 0.3) is 21.8 Å². The van der Waals surface area contributed by atoms with Crippen molar-refractivity contribution in [3.8, 4) is 0 Å². The number of fused-ring (bicyclic) bond motifs is 2. The summed E-state index contributed by atoms with van der Waals surface area (Å²) in [5, 5.41) is 15.0. The number of aryl methyl sites for hydroxylation is 1. The van der Waals surface area contributed by atoms with Crippen LogP contribution in [0.5, 0.6) is 0 Å². The predicted molar refractivity (Wildman–Crippen MR) is 207 cm³/mol. The molecule has 3 fully saturated rings. The maximum Gasteiger partial charge on any atom is 0.321 e. The molecule has 7 rings (SSSR count). The number of H-pyrrole nitrogens is 1. The third-order valence-corrected chi connectivity index (χ3v) is 11.6. The Kier molecular flexibility index (Phi) is 11.6. The largest absolute Gasteiger partial charge is 0.443 e. The summed E-state index contributed by atoms with van der Waals surface area (Å²) in [4.78, 5) is 62.8. The van der Waals surface area contributed by atoms with Gasteiger partial charge in [0, 0.05) is 62.7 Å². The van der Waals surface area contributed by atoms with Gasteiger partial charge >= 0.3 is 12.0 Å². The van der Waals surface area contributed by atoms with E-state index in [4.69, 9.17) is 4.74 Å². The average Bonchev–Trinajstić information content (AvgIpc) is 3.67. The number of pyridine rings is 1. The van der Waals surface area contributed by atoms with Crippen LogP contribution in [0, 0.1) is 6.92 Å². The number of aromatic amines is 1. The van der Waals surface area contributed by atoms with Crippen molar-refractivity contribution < 1.29 is 19.1 Å².